The van der Waals surface area contributed by atoms with Gasteiger partial charge in [0.05, 0.1) is 5.56 Å². The van der Waals surface area contributed by atoms with Crippen molar-refractivity contribution in [2.45, 2.75) is 44.2 Å². The minimum absolute atomic E-state index is 0. The van der Waals surface area contributed by atoms with Crippen LogP contribution in [0.25, 0.3) is 0 Å². The fourth-order valence-corrected chi connectivity index (χ4v) is 3.46. The van der Waals surface area contributed by atoms with Crippen molar-refractivity contribution >= 4 is 18.4 Å². The zero-order valence-corrected chi connectivity index (χ0v) is 11.7. The van der Waals surface area contributed by atoms with Gasteiger partial charge in [0.2, 0.25) is 0 Å². The first-order valence-electron chi connectivity index (χ1n) is 6.79. The van der Waals surface area contributed by atoms with Crippen molar-refractivity contribution in [2.75, 3.05) is 0 Å². The van der Waals surface area contributed by atoms with Gasteiger partial charge in [-0.2, -0.15) is 0 Å². The van der Waals surface area contributed by atoms with E-state index < -0.39 is 5.97 Å². The molecule has 2 aliphatic heterocycles. The van der Waals surface area contributed by atoms with Crippen LogP contribution in [0.2, 0.25) is 0 Å². The summed E-state index contributed by atoms with van der Waals surface area (Å²) in [6, 6.07) is 8.82. The summed E-state index contributed by atoms with van der Waals surface area (Å²) in [5.74, 6) is -0.0825. The minimum Gasteiger partial charge on any atom is -0.478 e. The molecule has 2 unspecified atom stereocenters. The summed E-state index contributed by atoms with van der Waals surface area (Å²) >= 11 is 0. The molecule has 2 bridgehead atoms. The predicted octanol–water partition coefficient (Wildman–Crippen LogP) is 2.88. The summed E-state index contributed by atoms with van der Waals surface area (Å²) in [7, 11) is 0. The lowest BCUT2D eigenvalue weighted by Gasteiger charge is -2.29. The number of fused-ring (bicyclic) bond motifs is 2. The van der Waals surface area contributed by atoms with Gasteiger partial charge in [-0.15, -0.1) is 12.4 Å². The third-order valence-electron chi connectivity index (χ3n) is 4.30. The number of carboxylic acid groups (broad SMARTS) is 1. The van der Waals surface area contributed by atoms with Gasteiger partial charge in [-0.05, 0) is 55.7 Å². The van der Waals surface area contributed by atoms with Gasteiger partial charge in [0, 0.05) is 12.1 Å². The second-order valence-corrected chi connectivity index (χ2v) is 5.68. The molecule has 0 spiro atoms. The summed E-state index contributed by atoms with van der Waals surface area (Å²) in [4.78, 5) is 10.8. The molecule has 2 fully saturated rings. The molecule has 0 radical (unpaired) electrons. The zero-order valence-electron chi connectivity index (χ0n) is 10.8. The average Bonchev–Trinajstić information content (AvgIpc) is 2.69. The average molecular weight is 282 g/mol. The van der Waals surface area contributed by atoms with Crippen LogP contribution in [0.3, 0.4) is 0 Å². The molecule has 2 saturated heterocycles. The number of piperidine rings is 1. The second kappa shape index (κ2) is 5.93. The molecular weight excluding hydrogens is 262 g/mol. The maximum Gasteiger partial charge on any atom is 0.335 e. The first-order valence-corrected chi connectivity index (χ1v) is 6.79. The van der Waals surface area contributed by atoms with E-state index in [1.165, 1.54) is 31.2 Å². The molecule has 0 aliphatic carbocycles. The van der Waals surface area contributed by atoms with E-state index in [-0.39, 0.29) is 12.4 Å². The Morgan fingerprint density at radius 2 is 1.74 bits per heavy atom. The van der Waals surface area contributed by atoms with Crippen molar-refractivity contribution in [1.29, 1.82) is 0 Å². The molecule has 2 N–H and O–H groups in total. The van der Waals surface area contributed by atoms with Gasteiger partial charge in [0.25, 0.3) is 0 Å². The van der Waals surface area contributed by atoms with Crippen molar-refractivity contribution in [1.82, 2.24) is 5.32 Å². The molecule has 0 saturated carbocycles. The molecule has 3 rings (SSSR count). The van der Waals surface area contributed by atoms with E-state index in [0.29, 0.717) is 5.56 Å². The summed E-state index contributed by atoms with van der Waals surface area (Å²) in [6.45, 7) is 0. The highest BCUT2D eigenvalue weighted by Gasteiger charge is 2.33. The third-order valence-corrected chi connectivity index (χ3v) is 4.30. The molecule has 1 aromatic carbocycles. The molecule has 4 heteroatoms. The van der Waals surface area contributed by atoms with Gasteiger partial charge in [0.1, 0.15) is 0 Å². The van der Waals surface area contributed by atoms with E-state index >= 15 is 0 Å². The maximum absolute atomic E-state index is 10.8. The summed E-state index contributed by atoms with van der Waals surface area (Å²) in [6.07, 6.45) is 6.31. The van der Waals surface area contributed by atoms with Crippen LogP contribution in [0.15, 0.2) is 24.3 Å². The van der Waals surface area contributed by atoms with E-state index in [9.17, 15) is 4.79 Å². The van der Waals surface area contributed by atoms with E-state index in [2.05, 4.69) is 5.32 Å². The normalized spacial score (nSPS) is 28.7. The first kappa shape index (κ1) is 14.4. The topological polar surface area (TPSA) is 49.3 Å². The fourth-order valence-electron chi connectivity index (χ4n) is 3.46. The van der Waals surface area contributed by atoms with Gasteiger partial charge < -0.3 is 10.4 Å². The van der Waals surface area contributed by atoms with Crippen LogP contribution in [0, 0.1) is 5.92 Å². The van der Waals surface area contributed by atoms with Crippen LogP contribution in [-0.4, -0.2) is 23.2 Å². The minimum atomic E-state index is -0.846. The molecular formula is C15H20ClNO2. The molecule has 2 aliphatic rings. The van der Waals surface area contributed by atoms with Gasteiger partial charge in [-0.1, -0.05) is 12.1 Å². The van der Waals surface area contributed by atoms with Crippen molar-refractivity contribution in [3.63, 3.8) is 0 Å². The lowest BCUT2D eigenvalue weighted by Crippen LogP contribution is -2.38. The van der Waals surface area contributed by atoms with Crippen molar-refractivity contribution < 1.29 is 9.90 Å². The molecule has 2 heterocycles. The molecule has 3 nitrogen and oxygen atoms in total. The lowest BCUT2D eigenvalue weighted by molar-refractivity contribution is 0.0697. The Hall–Kier alpha value is -1.06. The molecule has 2 atom stereocenters. The van der Waals surface area contributed by atoms with Gasteiger partial charge in [-0.25, -0.2) is 4.79 Å². The Morgan fingerprint density at radius 1 is 1.16 bits per heavy atom. The zero-order chi connectivity index (χ0) is 12.5. The van der Waals surface area contributed by atoms with Crippen LogP contribution < -0.4 is 5.32 Å². The van der Waals surface area contributed by atoms with E-state index in [1.807, 2.05) is 12.1 Å². The summed E-state index contributed by atoms with van der Waals surface area (Å²) in [5.41, 5.74) is 1.65. The van der Waals surface area contributed by atoms with Crippen LogP contribution in [0.5, 0.6) is 0 Å². The largest absolute Gasteiger partial charge is 0.478 e. The molecule has 104 valence electrons. The highest BCUT2D eigenvalue weighted by Crippen LogP contribution is 2.32. The van der Waals surface area contributed by atoms with E-state index in [0.717, 1.165) is 24.4 Å². The van der Waals surface area contributed by atoms with E-state index in [1.54, 1.807) is 12.1 Å². The number of hydrogen-bond acceptors (Lipinski definition) is 2. The van der Waals surface area contributed by atoms with Crippen LogP contribution in [0.4, 0.5) is 0 Å². The number of benzene rings is 1. The van der Waals surface area contributed by atoms with Gasteiger partial charge >= 0.3 is 5.97 Å². The third kappa shape index (κ3) is 3.28. The Bertz CT molecular complexity index is 434. The van der Waals surface area contributed by atoms with Crippen molar-refractivity contribution in [3.8, 4) is 0 Å². The smallest absolute Gasteiger partial charge is 0.335 e. The number of halogens is 1. The Balaban J connectivity index is 0.00000133. The van der Waals surface area contributed by atoms with Crippen LogP contribution in [-0.2, 0) is 6.42 Å². The quantitative estimate of drug-likeness (QED) is 0.896. The highest BCUT2D eigenvalue weighted by atomic mass is 35.5. The number of carbonyl (C=O) groups is 1. The Morgan fingerprint density at radius 3 is 2.26 bits per heavy atom. The predicted molar refractivity (Wildman–Crippen MR) is 77.0 cm³/mol. The standard InChI is InChI=1S/C15H19NO2.ClH/c17-15(18)12-3-1-10(2-4-12)7-11-8-13-5-6-14(9-11)16-13;/h1-4,11,13-14,16H,5-9H2,(H,17,18);1H. The second-order valence-electron chi connectivity index (χ2n) is 5.68. The Labute approximate surface area is 119 Å². The van der Waals surface area contributed by atoms with Crippen LogP contribution >= 0.6 is 12.4 Å². The molecule has 19 heavy (non-hydrogen) atoms. The maximum atomic E-state index is 10.8. The number of aromatic carboxylic acids is 1. The molecule has 1 aromatic rings. The lowest BCUT2D eigenvalue weighted by atomic mass is 9.87. The monoisotopic (exact) mass is 281 g/mol. The molecule has 0 amide bonds. The number of nitrogens with one attached hydrogen (secondary N) is 1. The van der Waals surface area contributed by atoms with Crippen LogP contribution in [0.1, 0.15) is 41.6 Å². The highest BCUT2D eigenvalue weighted by molar-refractivity contribution is 5.87. The Kier molecular flexibility index (Phi) is 4.48. The summed E-state index contributed by atoms with van der Waals surface area (Å²) < 4.78 is 0. The summed E-state index contributed by atoms with van der Waals surface area (Å²) in [5, 5.41) is 12.5. The van der Waals surface area contributed by atoms with E-state index in [4.69, 9.17) is 5.11 Å². The van der Waals surface area contributed by atoms with Crippen molar-refractivity contribution in [2.24, 2.45) is 5.92 Å². The van der Waals surface area contributed by atoms with Gasteiger partial charge in [-0.3, -0.25) is 0 Å². The number of carboxylic acids is 1. The first-order chi connectivity index (χ1) is 8.70. The fraction of sp³-hybridized carbons (Fsp3) is 0.533. The number of rotatable bonds is 3. The van der Waals surface area contributed by atoms with Crippen molar-refractivity contribution in [3.05, 3.63) is 35.4 Å². The number of hydrogen-bond donors (Lipinski definition) is 2. The SMILES string of the molecule is Cl.O=C(O)c1ccc(CC2CC3CCC(C2)N3)cc1. The van der Waals surface area contributed by atoms with Gasteiger partial charge in [0.15, 0.2) is 0 Å². The molecule has 0 aromatic heterocycles.